The minimum atomic E-state index is -0.296. The first-order valence-electron chi connectivity index (χ1n) is 9.61. The second-order valence-electron chi connectivity index (χ2n) is 7.43. The van der Waals surface area contributed by atoms with Gasteiger partial charge in [0.25, 0.3) is 0 Å². The number of rotatable bonds is 6. The highest BCUT2D eigenvalue weighted by molar-refractivity contribution is 6.34. The van der Waals surface area contributed by atoms with Gasteiger partial charge in [-0.05, 0) is 36.6 Å². The zero-order valence-corrected chi connectivity index (χ0v) is 16.2. The van der Waals surface area contributed by atoms with Gasteiger partial charge in [0.05, 0.1) is 12.3 Å². The van der Waals surface area contributed by atoms with E-state index in [9.17, 15) is 9.18 Å². The van der Waals surface area contributed by atoms with Crippen LogP contribution in [0, 0.1) is 11.7 Å². The van der Waals surface area contributed by atoms with E-state index in [1.807, 2.05) is 30.3 Å². The third-order valence-electron chi connectivity index (χ3n) is 5.37. The van der Waals surface area contributed by atoms with Gasteiger partial charge in [-0.1, -0.05) is 53.5 Å². The first kappa shape index (κ1) is 18.9. The fraction of sp³-hybridized carbons (Fsp3) is 0.364. The SMILES string of the molecule is O=C(C1CCC1)N(Cc1cccc(F)c1)C[C@@H]1CC(c2ccccc2Cl)=NO1. The molecular weight excluding hydrogens is 379 g/mol. The first-order chi connectivity index (χ1) is 13.6. The van der Waals surface area contributed by atoms with Crippen LogP contribution in [0.1, 0.15) is 36.8 Å². The summed E-state index contributed by atoms with van der Waals surface area (Å²) >= 11 is 6.26. The predicted octanol–water partition coefficient (Wildman–Crippen LogP) is 4.80. The Balaban J connectivity index is 1.45. The lowest BCUT2D eigenvalue weighted by Crippen LogP contribution is -2.42. The zero-order valence-electron chi connectivity index (χ0n) is 15.5. The van der Waals surface area contributed by atoms with Gasteiger partial charge < -0.3 is 9.74 Å². The molecule has 0 bridgehead atoms. The van der Waals surface area contributed by atoms with Crippen molar-refractivity contribution in [2.24, 2.45) is 11.1 Å². The van der Waals surface area contributed by atoms with Crippen LogP contribution in [0.3, 0.4) is 0 Å². The Morgan fingerprint density at radius 3 is 2.75 bits per heavy atom. The van der Waals surface area contributed by atoms with Crippen molar-refractivity contribution >= 4 is 23.2 Å². The fourth-order valence-corrected chi connectivity index (χ4v) is 3.87. The molecule has 2 aromatic carbocycles. The van der Waals surface area contributed by atoms with E-state index in [1.165, 1.54) is 12.1 Å². The molecule has 4 rings (SSSR count). The van der Waals surface area contributed by atoms with Crippen molar-refractivity contribution in [1.82, 2.24) is 4.90 Å². The largest absolute Gasteiger partial charge is 0.390 e. The Bertz CT molecular complexity index is 898. The van der Waals surface area contributed by atoms with Gasteiger partial charge in [0.1, 0.15) is 5.82 Å². The lowest BCUT2D eigenvalue weighted by Gasteiger charge is -2.32. The minimum Gasteiger partial charge on any atom is -0.390 e. The molecule has 0 saturated heterocycles. The van der Waals surface area contributed by atoms with E-state index in [0.29, 0.717) is 24.5 Å². The van der Waals surface area contributed by atoms with E-state index >= 15 is 0 Å². The molecule has 1 heterocycles. The third-order valence-corrected chi connectivity index (χ3v) is 5.70. The number of hydrogen-bond acceptors (Lipinski definition) is 3. The molecule has 0 spiro atoms. The molecule has 6 heteroatoms. The summed E-state index contributed by atoms with van der Waals surface area (Å²) in [7, 11) is 0. The van der Waals surface area contributed by atoms with Gasteiger partial charge in [-0.3, -0.25) is 4.79 Å². The average Bonchev–Trinajstić information content (AvgIpc) is 3.08. The molecule has 4 nitrogen and oxygen atoms in total. The van der Waals surface area contributed by atoms with Crippen LogP contribution in [0.25, 0.3) is 0 Å². The number of benzene rings is 2. The van der Waals surface area contributed by atoms with E-state index in [4.69, 9.17) is 16.4 Å². The van der Waals surface area contributed by atoms with Gasteiger partial charge in [0.2, 0.25) is 5.91 Å². The summed E-state index contributed by atoms with van der Waals surface area (Å²) in [6.07, 6.45) is 3.28. The summed E-state index contributed by atoms with van der Waals surface area (Å²) in [6.45, 7) is 0.789. The van der Waals surface area contributed by atoms with Crippen LogP contribution in [0.5, 0.6) is 0 Å². The number of oxime groups is 1. The second-order valence-corrected chi connectivity index (χ2v) is 7.83. The van der Waals surface area contributed by atoms with E-state index in [0.717, 1.165) is 36.1 Å². The van der Waals surface area contributed by atoms with Gasteiger partial charge in [0.15, 0.2) is 6.10 Å². The topological polar surface area (TPSA) is 41.9 Å². The summed E-state index contributed by atoms with van der Waals surface area (Å²) in [5, 5.41) is 4.83. The van der Waals surface area contributed by atoms with Gasteiger partial charge in [-0.25, -0.2) is 4.39 Å². The van der Waals surface area contributed by atoms with Crippen molar-refractivity contribution < 1.29 is 14.0 Å². The predicted molar refractivity (Wildman–Crippen MR) is 107 cm³/mol. The molecule has 1 fully saturated rings. The highest BCUT2D eigenvalue weighted by atomic mass is 35.5. The van der Waals surface area contributed by atoms with E-state index < -0.39 is 0 Å². The molecule has 0 N–H and O–H groups in total. The minimum absolute atomic E-state index is 0.0684. The van der Waals surface area contributed by atoms with Crippen LogP contribution in [0.4, 0.5) is 4.39 Å². The van der Waals surface area contributed by atoms with Gasteiger partial charge in [-0.15, -0.1) is 0 Å². The molecule has 1 saturated carbocycles. The van der Waals surface area contributed by atoms with Crippen LogP contribution in [-0.2, 0) is 16.2 Å². The molecule has 1 aliphatic carbocycles. The van der Waals surface area contributed by atoms with E-state index in [-0.39, 0.29) is 23.7 Å². The standard InChI is InChI=1S/C22H22ClFN2O2/c23-20-10-2-1-9-19(20)21-12-18(28-25-21)14-26(22(27)16-6-4-7-16)13-15-5-3-8-17(24)11-15/h1-3,5,8-11,16,18H,4,6-7,12-14H2/t18-/m0/s1. The van der Waals surface area contributed by atoms with Crippen LogP contribution >= 0.6 is 11.6 Å². The molecule has 2 aromatic rings. The smallest absolute Gasteiger partial charge is 0.226 e. The molecule has 146 valence electrons. The van der Waals surface area contributed by atoms with Crippen molar-refractivity contribution in [3.8, 4) is 0 Å². The van der Waals surface area contributed by atoms with E-state index in [2.05, 4.69) is 5.16 Å². The average molecular weight is 401 g/mol. The molecule has 1 aliphatic heterocycles. The Hall–Kier alpha value is -2.40. The van der Waals surface area contributed by atoms with Gasteiger partial charge >= 0.3 is 0 Å². The number of carbonyl (C=O) groups is 1. The van der Waals surface area contributed by atoms with Crippen molar-refractivity contribution in [2.45, 2.75) is 38.3 Å². The maximum Gasteiger partial charge on any atom is 0.226 e. The fourth-order valence-electron chi connectivity index (χ4n) is 3.63. The molecule has 0 radical (unpaired) electrons. The molecular formula is C22H22ClFN2O2. The van der Waals surface area contributed by atoms with Crippen LogP contribution in [0.15, 0.2) is 53.7 Å². The van der Waals surface area contributed by atoms with E-state index in [1.54, 1.807) is 11.0 Å². The van der Waals surface area contributed by atoms with Crippen molar-refractivity contribution in [3.63, 3.8) is 0 Å². The maximum atomic E-state index is 13.6. The number of nitrogens with zero attached hydrogens (tertiary/aromatic N) is 2. The number of amides is 1. The van der Waals surface area contributed by atoms with Gasteiger partial charge in [0, 0.05) is 29.5 Å². The number of carbonyl (C=O) groups excluding carboxylic acids is 1. The summed E-state index contributed by atoms with van der Waals surface area (Å²) in [6, 6.07) is 13.9. The summed E-state index contributed by atoms with van der Waals surface area (Å²) in [5.41, 5.74) is 2.42. The molecule has 1 atom stereocenters. The summed E-state index contributed by atoms with van der Waals surface area (Å²) < 4.78 is 13.6. The molecule has 0 aromatic heterocycles. The highest BCUT2D eigenvalue weighted by Gasteiger charge is 2.33. The Labute approximate surface area is 168 Å². The monoisotopic (exact) mass is 400 g/mol. The van der Waals surface area contributed by atoms with Crippen LogP contribution in [0.2, 0.25) is 5.02 Å². The van der Waals surface area contributed by atoms with Crippen molar-refractivity contribution in [1.29, 1.82) is 0 Å². The Kier molecular flexibility index (Phi) is 5.62. The molecule has 0 unspecified atom stereocenters. The first-order valence-corrected chi connectivity index (χ1v) is 9.99. The van der Waals surface area contributed by atoms with Crippen LogP contribution in [-0.4, -0.2) is 29.2 Å². The summed E-state index contributed by atoms with van der Waals surface area (Å²) in [4.78, 5) is 20.3. The Morgan fingerprint density at radius 1 is 1.21 bits per heavy atom. The van der Waals surface area contributed by atoms with Gasteiger partial charge in [-0.2, -0.15) is 0 Å². The molecule has 1 amide bonds. The third kappa shape index (κ3) is 4.20. The van der Waals surface area contributed by atoms with Crippen molar-refractivity contribution in [2.75, 3.05) is 6.54 Å². The zero-order chi connectivity index (χ0) is 19.5. The lowest BCUT2D eigenvalue weighted by atomic mass is 9.84. The number of hydrogen-bond donors (Lipinski definition) is 0. The lowest BCUT2D eigenvalue weighted by molar-refractivity contribution is -0.140. The molecule has 2 aliphatic rings. The normalized spacial score (nSPS) is 18.9. The quantitative estimate of drug-likeness (QED) is 0.698. The molecule has 28 heavy (non-hydrogen) atoms. The second kappa shape index (κ2) is 8.31. The highest BCUT2D eigenvalue weighted by Crippen LogP contribution is 2.30. The maximum absolute atomic E-state index is 13.6. The van der Waals surface area contributed by atoms with Crippen molar-refractivity contribution in [3.05, 3.63) is 70.5 Å². The number of halogens is 2. The Morgan fingerprint density at radius 2 is 2.04 bits per heavy atom. The van der Waals surface area contributed by atoms with Crippen LogP contribution < -0.4 is 0 Å². The summed E-state index contributed by atoms with van der Waals surface area (Å²) in [5.74, 6) is -0.112.